The zero-order chi connectivity index (χ0) is 17.8. The molecule has 0 aliphatic heterocycles. The molecule has 4 heteroatoms. The first-order valence-electron chi connectivity index (χ1n) is 8.99. The molecule has 4 nitrogen and oxygen atoms in total. The summed E-state index contributed by atoms with van der Waals surface area (Å²) in [7, 11) is 0. The van der Waals surface area contributed by atoms with Crippen LogP contribution in [0, 0.1) is 11.8 Å². The highest BCUT2D eigenvalue weighted by molar-refractivity contribution is 5.95. The number of rotatable bonds is 12. The summed E-state index contributed by atoms with van der Waals surface area (Å²) in [6, 6.07) is 0. The fourth-order valence-corrected chi connectivity index (χ4v) is 2.85. The molecule has 1 aliphatic carbocycles. The van der Waals surface area contributed by atoms with E-state index in [1.165, 1.54) is 12.8 Å². The summed E-state index contributed by atoms with van der Waals surface area (Å²) in [4.78, 5) is 22.3. The third-order valence-corrected chi connectivity index (χ3v) is 4.28. The minimum absolute atomic E-state index is 0.129. The fraction of sp³-hybridized carbons (Fsp3) is 0.600. The molecule has 0 aromatic heterocycles. The number of ketones is 1. The van der Waals surface area contributed by atoms with Gasteiger partial charge in [-0.1, -0.05) is 56.6 Å². The molecule has 0 aromatic carbocycles. The Labute approximate surface area is 145 Å². The number of carboxylic acids is 1. The van der Waals surface area contributed by atoms with Crippen LogP contribution in [-0.2, 0) is 9.59 Å². The highest BCUT2D eigenvalue weighted by Crippen LogP contribution is 2.28. The molecule has 0 radical (unpaired) electrons. The quantitative estimate of drug-likeness (QED) is 0.417. The lowest BCUT2D eigenvalue weighted by molar-refractivity contribution is -0.137. The van der Waals surface area contributed by atoms with Crippen LogP contribution < -0.4 is 0 Å². The topological polar surface area (TPSA) is 74.6 Å². The Kier molecular flexibility index (Phi) is 10.0. The standard InChI is InChI=1S/C20H30O4/c1-2-3-6-9-16-12-15-19(22)18(16)14-13-17(21)10-7-4-5-8-11-20(23)24/h4,7,12-18,21H,2-3,5-6,8-11H2,1H3,(H,23,24)/b7-4-,14-13+/t16-,17+,18+/m1/s1. The van der Waals surface area contributed by atoms with Gasteiger partial charge in [0.05, 0.1) is 6.10 Å². The van der Waals surface area contributed by atoms with Gasteiger partial charge in [0.2, 0.25) is 0 Å². The lowest BCUT2D eigenvalue weighted by atomic mass is 9.89. The second-order valence-corrected chi connectivity index (χ2v) is 6.39. The summed E-state index contributed by atoms with van der Waals surface area (Å²) in [5, 5.41) is 18.5. The van der Waals surface area contributed by atoms with Crippen molar-refractivity contribution in [1.29, 1.82) is 0 Å². The molecule has 0 saturated carbocycles. The molecule has 1 rings (SSSR count). The van der Waals surface area contributed by atoms with Crippen LogP contribution in [0.2, 0.25) is 0 Å². The third-order valence-electron chi connectivity index (χ3n) is 4.28. The average molecular weight is 334 g/mol. The first-order chi connectivity index (χ1) is 11.5. The zero-order valence-electron chi connectivity index (χ0n) is 14.6. The molecule has 0 amide bonds. The first-order valence-corrected chi connectivity index (χ1v) is 8.99. The third kappa shape index (κ3) is 8.25. The maximum Gasteiger partial charge on any atom is 0.303 e. The Bertz CT molecular complexity index is 476. The number of allylic oxidation sites excluding steroid dienone is 4. The molecular formula is C20H30O4. The molecule has 0 bridgehead atoms. The second-order valence-electron chi connectivity index (χ2n) is 6.39. The highest BCUT2D eigenvalue weighted by atomic mass is 16.4. The molecular weight excluding hydrogens is 304 g/mol. The molecule has 134 valence electrons. The van der Waals surface area contributed by atoms with Crippen LogP contribution in [0.25, 0.3) is 0 Å². The maximum absolute atomic E-state index is 11.9. The summed E-state index contributed by atoms with van der Waals surface area (Å²) >= 11 is 0. The van der Waals surface area contributed by atoms with Crippen molar-refractivity contribution in [3.63, 3.8) is 0 Å². The van der Waals surface area contributed by atoms with Gasteiger partial charge in [0, 0.05) is 12.3 Å². The number of aliphatic carboxylic acids is 1. The monoisotopic (exact) mass is 334 g/mol. The number of hydrogen-bond acceptors (Lipinski definition) is 3. The van der Waals surface area contributed by atoms with Crippen molar-refractivity contribution in [2.45, 2.75) is 64.4 Å². The molecule has 0 spiro atoms. The second kappa shape index (κ2) is 11.8. The Morgan fingerprint density at radius 1 is 1.29 bits per heavy atom. The van der Waals surface area contributed by atoms with E-state index in [1.54, 1.807) is 12.2 Å². The Hall–Kier alpha value is -1.68. The van der Waals surface area contributed by atoms with Gasteiger partial charge in [0.15, 0.2) is 5.78 Å². The van der Waals surface area contributed by atoms with E-state index in [9.17, 15) is 14.7 Å². The van der Waals surface area contributed by atoms with Gasteiger partial charge in [-0.2, -0.15) is 0 Å². The molecule has 0 saturated heterocycles. The molecule has 24 heavy (non-hydrogen) atoms. The van der Waals surface area contributed by atoms with E-state index in [0.29, 0.717) is 19.3 Å². The summed E-state index contributed by atoms with van der Waals surface area (Å²) in [5.74, 6) is -0.519. The maximum atomic E-state index is 11.9. The van der Waals surface area contributed by atoms with Gasteiger partial charge in [0.1, 0.15) is 0 Å². The van der Waals surface area contributed by atoms with Gasteiger partial charge < -0.3 is 10.2 Å². The number of aliphatic hydroxyl groups is 1. The molecule has 0 unspecified atom stereocenters. The van der Waals surface area contributed by atoms with E-state index >= 15 is 0 Å². The molecule has 0 aromatic rings. The molecule has 3 atom stereocenters. The Morgan fingerprint density at radius 2 is 2.08 bits per heavy atom. The van der Waals surface area contributed by atoms with Crippen molar-refractivity contribution in [2.24, 2.45) is 11.8 Å². The van der Waals surface area contributed by atoms with Gasteiger partial charge in [-0.3, -0.25) is 9.59 Å². The number of aliphatic hydroxyl groups excluding tert-OH is 1. The van der Waals surface area contributed by atoms with Crippen LogP contribution >= 0.6 is 0 Å². The summed E-state index contributed by atoms with van der Waals surface area (Å²) in [5.41, 5.74) is 0. The van der Waals surface area contributed by atoms with Crippen LogP contribution in [0.4, 0.5) is 0 Å². The SMILES string of the molecule is CCCCC[C@@H]1C=CC(=O)[C@H]1/C=C/[C@@H](O)C/C=C\CCCC(=O)O. The van der Waals surface area contributed by atoms with E-state index in [0.717, 1.165) is 12.8 Å². The van der Waals surface area contributed by atoms with Crippen molar-refractivity contribution in [3.8, 4) is 0 Å². The van der Waals surface area contributed by atoms with Crippen molar-refractivity contribution in [2.75, 3.05) is 0 Å². The van der Waals surface area contributed by atoms with Crippen LogP contribution in [-0.4, -0.2) is 28.1 Å². The number of carbonyl (C=O) groups excluding carboxylic acids is 1. The van der Waals surface area contributed by atoms with Gasteiger partial charge in [-0.05, 0) is 37.7 Å². The number of hydrogen-bond donors (Lipinski definition) is 2. The first kappa shape index (κ1) is 20.4. The van der Waals surface area contributed by atoms with E-state index in [-0.39, 0.29) is 24.0 Å². The minimum Gasteiger partial charge on any atom is -0.481 e. The summed E-state index contributed by atoms with van der Waals surface area (Å²) in [6.45, 7) is 2.17. The van der Waals surface area contributed by atoms with Gasteiger partial charge in [-0.25, -0.2) is 0 Å². The van der Waals surface area contributed by atoms with Crippen LogP contribution in [0.3, 0.4) is 0 Å². The number of carbonyl (C=O) groups is 2. The Morgan fingerprint density at radius 3 is 2.79 bits per heavy atom. The minimum atomic E-state index is -0.783. The molecule has 2 N–H and O–H groups in total. The predicted octanol–water partition coefficient (Wildman–Crippen LogP) is 4.06. The van der Waals surface area contributed by atoms with Crippen molar-refractivity contribution < 1.29 is 19.8 Å². The van der Waals surface area contributed by atoms with Crippen LogP contribution in [0.1, 0.15) is 58.3 Å². The highest BCUT2D eigenvalue weighted by Gasteiger charge is 2.27. The van der Waals surface area contributed by atoms with E-state index in [2.05, 4.69) is 6.92 Å². The predicted molar refractivity (Wildman–Crippen MR) is 95.7 cm³/mol. The lowest BCUT2D eigenvalue weighted by Crippen LogP contribution is -2.14. The summed E-state index contributed by atoms with van der Waals surface area (Å²) < 4.78 is 0. The smallest absolute Gasteiger partial charge is 0.303 e. The van der Waals surface area contributed by atoms with Crippen molar-refractivity contribution >= 4 is 11.8 Å². The normalized spacial score (nSPS) is 22.0. The fourth-order valence-electron chi connectivity index (χ4n) is 2.85. The van der Waals surface area contributed by atoms with Crippen molar-refractivity contribution in [1.82, 2.24) is 0 Å². The van der Waals surface area contributed by atoms with Gasteiger partial charge in [-0.15, -0.1) is 0 Å². The van der Waals surface area contributed by atoms with Crippen molar-refractivity contribution in [3.05, 3.63) is 36.5 Å². The van der Waals surface area contributed by atoms with Crippen LogP contribution in [0.15, 0.2) is 36.5 Å². The van der Waals surface area contributed by atoms with E-state index in [1.807, 2.05) is 24.3 Å². The molecule has 0 fully saturated rings. The van der Waals surface area contributed by atoms with Gasteiger partial charge >= 0.3 is 5.97 Å². The number of unbranched alkanes of at least 4 members (excludes halogenated alkanes) is 3. The summed E-state index contributed by atoms with van der Waals surface area (Å²) in [6.07, 6.45) is 16.9. The average Bonchev–Trinajstić information content (AvgIpc) is 2.89. The largest absolute Gasteiger partial charge is 0.481 e. The van der Waals surface area contributed by atoms with E-state index < -0.39 is 12.1 Å². The van der Waals surface area contributed by atoms with Crippen LogP contribution in [0.5, 0.6) is 0 Å². The van der Waals surface area contributed by atoms with E-state index in [4.69, 9.17) is 5.11 Å². The Balaban J connectivity index is 2.33. The van der Waals surface area contributed by atoms with Gasteiger partial charge in [0.25, 0.3) is 0 Å². The lowest BCUT2D eigenvalue weighted by Gasteiger charge is -2.14. The zero-order valence-corrected chi connectivity index (χ0v) is 14.6. The number of carboxylic acid groups (broad SMARTS) is 1. The molecule has 0 heterocycles. The molecule has 1 aliphatic rings.